The van der Waals surface area contributed by atoms with Crippen molar-refractivity contribution in [2.24, 2.45) is 0 Å². The smallest absolute Gasteiger partial charge is 0.336 e. The summed E-state index contributed by atoms with van der Waals surface area (Å²) >= 11 is 0. The van der Waals surface area contributed by atoms with Crippen LogP contribution in [0.5, 0.6) is 0 Å². The molecule has 0 aliphatic heterocycles. The summed E-state index contributed by atoms with van der Waals surface area (Å²) in [4.78, 5) is 11.2. The number of nitrogens with one attached hydrogen (secondary N) is 1. The summed E-state index contributed by atoms with van der Waals surface area (Å²) in [7, 11) is 0. The zero-order valence-corrected chi connectivity index (χ0v) is 11.9. The van der Waals surface area contributed by atoms with Crippen LogP contribution in [0.3, 0.4) is 0 Å². The Morgan fingerprint density at radius 3 is 2.33 bits per heavy atom. The molecule has 0 saturated heterocycles. The van der Waals surface area contributed by atoms with Crippen LogP contribution in [-0.2, 0) is 12.1 Å². The van der Waals surface area contributed by atoms with E-state index in [1.807, 2.05) is 43.3 Å². The molecule has 0 saturated carbocycles. The van der Waals surface area contributed by atoms with Gasteiger partial charge >= 0.3 is 5.97 Å². The minimum absolute atomic E-state index is 0.0771. The van der Waals surface area contributed by atoms with Gasteiger partial charge in [-0.05, 0) is 24.1 Å². The maximum atomic E-state index is 11.2. The van der Waals surface area contributed by atoms with Crippen LogP contribution in [0.2, 0.25) is 0 Å². The van der Waals surface area contributed by atoms with Crippen molar-refractivity contribution in [1.82, 2.24) is 5.32 Å². The second kappa shape index (κ2) is 6.52. The van der Waals surface area contributed by atoms with Gasteiger partial charge in [-0.15, -0.1) is 0 Å². The summed E-state index contributed by atoms with van der Waals surface area (Å²) in [6.45, 7) is 2.19. The first-order valence-corrected chi connectivity index (χ1v) is 6.79. The molecule has 2 aromatic rings. The van der Waals surface area contributed by atoms with Crippen molar-refractivity contribution in [3.63, 3.8) is 0 Å². The molecule has 110 valence electrons. The molecular formula is C17H19NO3. The minimum atomic E-state index is -0.946. The monoisotopic (exact) mass is 285 g/mol. The highest BCUT2D eigenvalue weighted by Crippen LogP contribution is 2.21. The van der Waals surface area contributed by atoms with Gasteiger partial charge in [0.05, 0.1) is 17.7 Å². The Kier molecular flexibility index (Phi) is 4.73. The van der Waals surface area contributed by atoms with Crippen LogP contribution >= 0.6 is 0 Å². The number of carboxylic acid groups (broad SMARTS) is 1. The van der Waals surface area contributed by atoms with Gasteiger partial charge in [0.1, 0.15) is 0 Å². The Bertz CT molecular complexity index is 612. The third-order valence-electron chi connectivity index (χ3n) is 3.64. The number of aromatic carboxylic acids is 1. The minimum Gasteiger partial charge on any atom is -0.478 e. The maximum absolute atomic E-state index is 11.2. The Morgan fingerprint density at radius 1 is 1.10 bits per heavy atom. The number of hydrogen-bond donors (Lipinski definition) is 3. The number of carbonyl (C=O) groups is 1. The van der Waals surface area contributed by atoms with Crippen molar-refractivity contribution >= 4 is 5.97 Å². The highest BCUT2D eigenvalue weighted by Gasteiger charge is 2.25. The van der Waals surface area contributed by atoms with Gasteiger partial charge in [0.15, 0.2) is 0 Å². The molecule has 2 aromatic carbocycles. The van der Waals surface area contributed by atoms with E-state index in [1.54, 1.807) is 18.2 Å². The molecule has 0 radical (unpaired) electrons. The number of benzene rings is 2. The lowest BCUT2D eigenvalue weighted by atomic mass is 9.92. The van der Waals surface area contributed by atoms with Crippen LogP contribution in [0.25, 0.3) is 0 Å². The maximum Gasteiger partial charge on any atom is 0.336 e. The lowest BCUT2D eigenvalue weighted by molar-refractivity contribution is 0.0695. The summed E-state index contributed by atoms with van der Waals surface area (Å²) in [5.41, 5.74) is 1.31. The standard InChI is InChI=1S/C17H19NO3/c1-17(12-19,14-8-3-2-4-9-14)18-11-13-7-5-6-10-15(13)16(20)21/h2-10,18-19H,11-12H2,1H3,(H,20,21). The van der Waals surface area contributed by atoms with Crippen molar-refractivity contribution in [2.75, 3.05) is 6.61 Å². The van der Waals surface area contributed by atoms with Crippen molar-refractivity contribution in [2.45, 2.75) is 19.0 Å². The van der Waals surface area contributed by atoms with Crippen LogP contribution in [0.1, 0.15) is 28.4 Å². The van der Waals surface area contributed by atoms with E-state index in [0.29, 0.717) is 12.1 Å². The second-order valence-electron chi connectivity index (χ2n) is 5.17. The van der Waals surface area contributed by atoms with Crippen molar-refractivity contribution < 1.29 is 15.0 Å². The molecule has 0 heterocycles. The zero-order valence-electron chi connectivity index (χ0n) is 11.9. The molecule has 4 heteroatoms. The van der Waals surface area contributed by atoms with Gasteiger partial charge in [-0.1, -0.05) is 48.5 Å². The van der Waals surface area contributed by atoms with Gasteiger partial charge in [-0.3, -0.25) is 0 Å². The second-order valence-corrected chi connectivity index (χ2v) is 5.17. The molecule has 0 aromatic heterocycles. The molecule has 2 rings (SSSR count). The summed E-state index contributed by atoms with van der Waals surface area (Å²) in [5, 5.41) is 22.2. The Hall–Kier alpha value is -2.17. The Labute approximate surface area is 124 Å². The molecule has 0 aliphatic rings. The van der Waals surface area contributed by atoms with Crippen LogP contribution < -0.4 is 5.32 Å². The fraction of sp³-hybridized carbons (Fsp3) is 0.235. The zero-order chi connectivity index (χ0) is 15.3. The lowest BCUT2D eigenvalue weighted by Gasteiger charge is -2.30. The van der Waals surface area contributed by atoms with Crippen molar-refractivity contribution in [3.05, 3.63) is 71.3 Å². The largest absolute Gasteiger partial charge is 0.478 e. The van der Waals surface area contributed by atoms with Crippen LogP contribution in [-0.4, -0.2) is 22.8 Å². The van der Waals surface area contributed by atoms with Gasteiger partial charge in [0.2, 0.25) is 0 Å². The Morgan fingerprint density at radius 2 is 1.71 bits per heavy atom. The highest BCUT2D eigenvalue weighted by molar-refractivity contribution is 5.89. The van der Waals surface area contributed by atoms with E-state index in [1.165, 1.54) is 0 Å². The van der Waals surface area contributed by atoms with Crippen molar-refractivity contribution in [1.29, 1.82) is 0 Å². The van der Waals surface area contributed by atoms with Gasteiger partial charge in [-0.2, -0.15) is 0 Å². The molecule has 0 aliphatic carbocycles. The SMILES string of the molecule is CC(CO)(NCc1ccccc1C(=O)O)c1ccccc1. The lowest BCUT2D eigenvalue weighted by Crippen LogP contribution is -2.42. The third kappa shape index (κ3) is 3.48. The van der Waals surface area contributed by atoms with E-state index in [2.05, 4.69) is 5.32 Å². The molecule has 0 bridgehead atoms. The van der Waals surface area contributed by atoms with Gasteiger partial charge < -0.3 is 15.5 Å². The molecule has 0 spiro atoms. The number of carboxylic acids is 1. The van der Waals surface area contributed by atoms with E-state index >= 15 is 0 Å². The fourth-order valence-corrected chi connectivity index (χ4v) is 2.23. The molecule has 3 N–H and O–H groups in total. The molecule has 1 atom stereocenters. The van der Waals surface area contributed by atoms with Crippen molar-refractivity contribution in [3.8, 4) is 0 Å². The van der Waals surface area contributed by atoms with Gasteiger partial charge in [0, 0.05) is 6.54 Å². The predicted molar refractivity (Wildman–Crippen MR) is 81.1 cm³/mol. The molecule has 0 amide bonds. The summed E-state index contributed by atoms with van der Waals surface area (Å²) in [5.74, 6) is -0.946. The first kappa shape index (κ1) is 15.2. The van der Waals surface area contributed by atoms with E-state index in [4.69, 9.17) is 0 Å². The fourth-order valence-electron chi connectivity index (χ4n) is 2.23. The highest BCUT2D eigenvalue weighted by atomic mass is 16.4. The molecule has 21 heavy (non-hydrogen) atoms. The normalized spacial score (nSPS) is 13.6. The molecule has 1 unspecified atom stereocenters. The van der Waals surface area contributed by atoms with Gasteiger partial charge in [0.25, 0.3) is 0 Å². The topological polar surface area (TPSA) is 69.6 Å². The summed E-state index contributed by atoms with van der Waals surface area (Å²) in [6, 6.07) is 16.5. The molecule has 4 nitrogen and oxygen atoms in total. The van der Waals surface area contributed by atoms with E-state index in [0.717, 1.165) is 5.56 Å². The van der Waals surface area contributed by atoms with Crippen LogP contribution in [0.4, 0.5) is 0 Å². The first-order valence-electron chi connectivity index (χ1n) is 6.79. The third-order valence-corrected chi connectivity index (χ3v) is 3.64. The van der Waals surface area contributed by atoms with E-state index < -0.39 is 11.5 Å². The average Bonchev–Trinajstić information content (AvgIpc) is 2.53. The first-order chi connectivity index (χ1) is 10.1. The number of aliphatic hydroxyl groups is 1. The van der Waals surface area contributed by atoms with E-state index in [9.17, 15) is 15.0 Å². The predicted octanol–water partition coefficient (Wildman–Crippen LogP) is 2.38. The summed E-state index contributed by atoms with van der Waals surface area (Å²) < 4.78 is 0. The Balaban J connectivity index is 2.20. The van der Waals surface area contributed by atoms with Crippen LogP contribution in [0, 0.1) is 0 Å². The van der Waals surface area contributed by atoms with Crippen LogP contribution in [0.15, 0.2) is 54.6 Å². The molecular weight excluding hydrogens is 266 g/mol. The number of rotatable bonds is 6. The average molecular weight is 285 g/mol. The van der Waals surface area contributed by atoms with E-state index in [-0.39, 0.29) is 12.2 Å². The quantitative estimate of drug-likeness (QED) is 0.762. The number of hydrogen-bond acceptors (Lipinski definition) is 3. The van der Waals surface area contributed by atoms with Gasteiger partial charge in [-0.25, -0.2) is 4.79 Å². The molecule has 0 fully saturated rings. The summed E-state index contributed by atoms with van der Waals surface area (Å²) in [6.07, 6.45) is 0. The number of aliphatic hydroxyl groups excluding tert-OH is 1.